The largest absolute Gasteiger partial charge is 0.352 e. The lowest BCUT2D eigenvalue weighted by atomic mass is 9.95. The molecule has 1 aliphatic carbocycles. The van der Waals surface area contributed by atoms with Crippen LogP contribution in [0.5, 0.6) is 0 Å². The van der Waals surface area contributed by atoms with Gasteiger partial charge in [0, 0.05) is 24.1 Å². The molecule has 1 aromatic carbocycles. The first-order valence-corrected chi connectivity index (χ1v) is 6.18. The van der Waals surface area contributed by atoms with Gasteiger partial charge >= 0.3 is 0 Å². The van der Waals surface area contributed by atoms with E-state index in [-0.39, 0.29) is 11.7 Å². The fourth-order valence-electron chi connectivity index (χ4n) is 2.29. The van der Waals surface area contributed by atoms with E-state index in [0.717, 1.165) is 12.0 Å². The predicted molar refractivity (Wildman–Crippen MR) is 64.2 cm³/mol. The van der Waals surface area contributed by atoms with Crippen LogP contribution < -0.4 is 5.32 Å². The molecule has 0 spiro atoms. The quantitative estimate of drug-likeness (QED) is 0.805. The third-order valence-corrected chi connectivity index (χ3v) is 3.53. The third-order valence-electron chi connectivity index (χ3n) is 3.53. The van der Waals surface area contributed by atoms with Crippen molar-refractivity contribution >= 4 is 11.7 Å². The molecular weight excluding hydrogens is 214 g/mol. The molecule has 17 heavy (non-hydrogen) atoms. The highest BCUT2D eigenvalue weighted by Crippen LogP contribution is 2.33. The highest BCUT2D eigenvalue weighted by atomic mass is 16.1. The topological polar surface area (TPSA) is 46.2 Å². The highest BCUT2D eigenvalue weighted by Gasteiger charge is 2.26. The van der Waals surface area contributed by atoms with E-state index in [1.165, 1.54) is 12.8 Å². The maximum atomic E-state index is 12.0. The molecule has 3 nitrogen and oxygen atoms in total. The van der Waals surface area contributed by atoms with Gasteiger partial charge in [-0.2, -0.15) is 0 Å². The Labute approximate surface area is 100 Å². The number of nitrogens with one attached hydrogen (secondary N) is 1. The average molecular weight is 229 g/mol. The second-order valence-corrected chi connectivity index (χ2v) is 4.95. The van der Waals surface area contributed by atoms with Gasteiger partial charge in [0.2, 0.25) is 0 Å². The molecule has 3 heteroatoms. The number of hydrogen-bond acceptors (Lipinski definition) is 2. The normalized spacial score (nSPS) is 18.5. The summed E-state index contributed by atoms with van der Waals surface area (Å²) in [7, 11) is 0. The summed E-state index contributed by atoms with van der Waals surface area (Å²) in [5.41, 5.74) is 2.42. The zero-order valence-corrected chi connectivity index (χ0v) is 9.66. The lowest BCUT2D eigenvalue weighted by Gasteiger charge is -2.16. The molecule has 1 N–H and O–H groups in total. The summed E-state index contributed by atoms with van der Waals surface area (Å²) >= 11 is 0. The second kappa shape index (κ2) is 3.99. The van der Waals surface area contributed by atoms with Crippen molar-refractivity contribution in [2.75, 3.05) is 6.54 Å². The molecule has 88 valence electrons. The summed E-state index contributed by atoms with van der Waals surface area (Å²) in [4.78, 5) is 23.6. The Balaban J connectivity index is 1.88. The molecule has 0 atom stereocenters. The highest BCUT2D eigenvalue weighted by molar-refractivity contribution is 6.02. The van der Waals surface area contributed by atoms with Crippen LogP contribution in [0.15, 0.2) is 18.2 Å². The van der Waals surface area contributed by atoms with Gasteiger partial charge in [-0.25, -0.2) is 0 Å². The molecule has 1 amide bonds. The van der Waals surface area contributed by atoms with Crippen LogP contribution in [-0.2, 0) is 6.42 Å². The number of benzene rings is 1. The molecule has 0 bridgehead atoms. The average Bonchev–Trinajstić information content (AvgIpc) is 3.13. The van der Waals surface area contributed by atoms with Crippen LogP contribution in [0.4, 0.5) is 0 Å². The van der Waals surface area contributed by atoms with Gasteiger partial charge in [-0.1, -0.05) is 12.1 Å². The Hall–Kier alpha value is -1.64. The number of Topliss-reactive ketones (excluding diaryl/α,β-unsaturated/α-hetero) is 1. The monoisotopic (exact) mass is 229 g/mol. The summed E-state index contributed by atoms with van der Waals surface area (Å²) in [6.45, 7) is 0.696. The number of fused-ring (bicyclic) bond motifs is 1. The Morgan fingerprint density at radius 2 is 2.18 bits per heavy atom. The van der Waals surface area contributed by atoms with Crippen LogP contribution in [0.25, 0.3) is 0 Å². The molecule has 2 aliphatic rings. The number of amides is 1. The second-order valence-electron chi connectivity index (χ2n) is 4.95. The Morgan fingerprint density at radius 1 is 1.35 bits per heavy atom. The number of carbonyl (C=O) groups excluding carboxylic acids is 2. The van der Waals surface area contributed by atoms with E-state index < -0.39 is 0 Å². The molecule has 1 aliphatic heterocycles. The zero-order chi connectivity index (χ0) is 11.8. The number of rotatable bonds is 3. The van der Waals surface area contributed by atoms with E-state index in [2.05, 4.69) is 5.32 Å². The summed E-state index contributed by atoms with van der Waals surface area (Å²) in [5.74, 6) is 0.716. The van der Waals surface area contributed by atoms with E-state index in [4.69, 9.17) is 0 Å². The van der Waals surface area contributed by atoms with Gasteiger partial charge in [0.25, 0.3) is 5.91 Å². The van der Waals surface area contributed by atoms with E-state index in [0.29, 0.717) is 30.0 Å². The summed E-state index contributed by atoms with van der Waals surface area (Å²) in [6, 6.07) is 5.55. The molecule has 0 unspecified atom stereocenters. The third kappa shape index (κ3) is 2.09. The predicted octanol–water partition coefficient (Wildman–Crippen LogP) is 1.96. The maximum absolute atomic E-state index is 12.0. The lowest BCUT2D eigenvalue weighted by Crippen LogP contribution is -2.32. The first kappa shape index (κ1) is 10.5. The van der Waals surface area contributed by atoms with Crippen molar-refractivity contribution in [2.24, 2.45) is 5.92 Å². The van der Waals surface area contributed by atoms with Crippen molar-refractivity contribution in [3.05, 3.63) is 34.9 Å². The minimum Gasteiger partial charge on any atom is -0.352 e. The van der Waals surface area contributed by atoms with E-state index in [1.54, 1.807) is 6.07 Å². The fourth-order valence-corrected chi connectivity index (χ4v) is 2.29. The zero-order valence-electron chi connectivity index (χ0n) is 9.66. The van der Waals surface area contributed by atoms with Gasteiger partial charge in [-0.05, 0) is 36.8 Å². The maximum Gasteiger partial charge on any atom is 0.251 e. The first-order chi connectivity index (χ1) is 8.24. The summed E-state index contributed by atoms with van der Waals surface area (Å²) < 4.78 is 0. The van der Waals surface area contributed by atoms with Crippen LogP contribution in [0, 0.1) is 5.92 Å². The van der Waals surface area contributed by atoms with Crippen LogP contribution >= 0.6 is 0 Å². The van der Waals surface area contributed by atoms with Gasteiger partial charge in [0.15, 0.2) is 5.78 Å². The van der Waals surface area contributed by atoms with Crippen LogP contribution in [0.1, 0.15) is 45.5 Å². The molecule has 1 aromatic rings. The lowest BCUT2D eigenvalue weighted by molar-refractivity contribution is 0.0946. The van der Waals surface area contributed by atoms with Gasteiger partial charge < -0.3 is 5.32 Å². The minimum atomic E-state index is -0.0488. The van der Waals surface area contributed by atoms with Gasteiger partial charge in [-0.15, -0.1) is 0 Å². The number of hydrogen-bond donors (Lipinski definition) is 1. The Kier molecular flexibility index (Phi) is 2.46. The summed E-state index contributed by atoms with van der Waals surface area (Å²) in [6.07, 6.45) is 3.85. The van der Waals surface area contributed by atoms with Gasteiger partial charge in [-0.3, -0.25) is 9.59 Å². The Bertz CT molecular complexity index is 489. The molecule has 0 aromatic heterocycles. The van der Waals surface area contributed by atoms with Crippen LogP contribution in [0.2, 0.25) is 0 Å². The van der Waals surface area contributed by atoms with Crippen molar-refractivity contribution in [2.45, 2.75) is 25.7 Å². The van der Waals surface area contributed by atoms with Gasteiger partial charge in [0.1, 0.15) is 0 Å². The summed E-state index contributed by atoms with van der Waals surface area (Å²) in [5, 5.41) is 2.81. The van der Waals surface area contributed by atoms with E-state index >= 15 is 0 Å². The molecule has 3 rings (SSSR count). The molecule has 1 saturated carbocycles. The SMILES string of the molecule is O=C(CC1CC1)c1ccc2c(c1)C(=O)NCC2. The van der Waals surface area contributed by atoms with Crippen molar-refractivity contribution in [3.63, 3.8) is 0 Å². The van der Waals surface area contributed by atoms with E-state index in [9.17, 15) is 9.59 Å². The molecule has 1 fully saturated rings. The van der Waals surface area contributed by atoms with Crippen molar-refractivity contribution in [1.82, 2.24) is 5.32 Å². The first-order valence-electron chi connectivity index (χ1n) is 6.18. The van der Waals surface area contributed by atoms with Crippen LogP contribution in [-0.4, -0.2) is 18.2 Å². The van der Waals surface area contributed by atoms with Gasteiger partial charge in [0.05, 0.1) is 0 Å². The molecule has 0 radical (unpaired) electrons. The minimum absolute atomic E-state index is 0.0488. The standard InChI is InChI=1S/C14H15NO2/c16-13(7-9-1-2-9)11-4-3-10-5-6-15-14(17)12(10)8-11/h3-4,8-9H,1-2,5-7H2,(H,15,17). The van der Waals surface area contributed by atoms with Crippen molar-refractivity contribution < 1.29 is 9.59 Å². The smallest absolute Gasteiger partial charge is 0.251 e. The van der Waals surface area contributed by atoms with Crippen LogP contribution in [0.3, 0.4) is 0 Å². The Morgan fingerprint density at radius 3 is 2.94 bits per heavy atom. The molecule has 1 heterocycles. The number of carbonyl (C=O) groups is 2. The van der Waals surface area contributed by atoms with Crippen molar-refractivity contribution in [1.29, 1.82) is 0 Å². The van der Waals surface area contributed by atoms with E-state index in [1.807, 2.05) is 12.1 Å². The number of ketones is 1. The molecule has 0 saturated heterocycles. The van der Waals surface area contributed by atoms with Crippen molar-refractivity contribution in [3.8, 4) is 0 Å². The fraction of sp³-hybridized carbons (Fsp3) is 0.429. The molecular formula is C14H15NO2.